The number of piperidine rings is 2. The van der Waals surface area contributed by atoms with Crippen LogP contribution in [0.2, 0.25) is 0 Å². The first kappa shape index (κ1) is 22.5. The fourth-order valence-electron chi connectivity index (χ4n) is 5.05. The zero-order valence-corrected chi connectivity index (χ0v) is 19.2. The zero-order chi connectivity index (χ0) is 22.5. The Labute approximate surface area is 191 Å². The molecule has 0 aliphatic carbocycles. The summed E-state index contributed by atoms with van der Waals surface area (Å²) in [7, 11) is 4.10. The van der Waals surface area contributed by atoms with Crippen LogP contribution in [0, 0.1) is 11.7 Å². The summed E-state index contributed by atoms with van der Waals surface area (Å²) in [6, 6.07) is 15.6. The minimum Gasteiger partial charge on any atom is -0.378 e. The molecule has 2 heterocycles. The standard InChI is InChI=1S/C27H34FN3O/c1-29(2)25-11-8-21(9-12-25)6-4-16-30-17-15-26-23(20-30)10-13-27(32)31(26)18-14-22-5-3-7-24(28)19-22/h3-9,11-12,19,23,26H,10,13-18,20H2,1-2H3/b6-4+/t23-,26+/m1/s1. The number of carbonyl (C=O) groups is 1. The number of fused-ring (bicyclic) bond motifs is 1. The predicted octanol–water partition coefficient (Wildman–Crippen LogP) is 4.46. The molecule has 0 aromatic heterocycles. The lowest BCUT2D eigenvalue weighted by Crippen LogP contribution is -2.56. The van der Waals surface area contributed by atoms with Crippen LogP contribution in [0.25, 0.3) is 6.08 Å². The maximum Gasteiger partial charge on any atom is 0.222 e. The lowest BCUT2D eigenvalue weighted by molar-refractivity contribution is -0.140. The van der Waals surface area contributed by atoms with E-state index in [0.717, 1.165) is 38.0 Å². The van der Waals surface area contributed by atoms with Gasteiger partial charge in [-0.2, -0.15) is 0 Å². The normalized spacial score (nSPS) is 21.7. The molecule has 2 aromatic rings. The summed E-state index contributed by atoms with van der Waals surface area (Å²) in [4.78, 5) is 19.3. The zero-order valence-electron chi connectivity index (χ0n) is 19.2. The maximum atomic E-state index is 13.5. The van der Waals surface area contributed by atoms with Gasteiger partial charge >= 0.3 is 0 Å². The van der Waals surface area contributed by atoms with E-state index in [9.17, 15) is 9.18 Å². The molecule has 0 N–H and O–H groups in total. The summed E-state index contributed by atoms with van der Waals surface area (Å²) < 4.78 is 13.5. The monoisotopic (exact) mass is 435 g/mol. The van der Waals surface area contributed by atoms with Gasteiger partial charge in [0.05, 0.1) is 0 Å². The Morgan fingerprint density at radius 3 is 2.69 bits per heavy atom. The third-order valence-corrected chi connectivity index (χ3v) is 6.84. The molecule has 2 fully saturated rings. The van der Waals surface area contributed by atoms with Gasteiger partial charge in [0.2, 0.25) is 5.91 Å². The van der Waals surface area contributed by atoms with Crippen LogP contribution in [0.5, 0.6) is 0 Å². The second kappa shape index (κ2) is 10.3. The van der Waals surface area contributed by atoms with Crippen molar-refractivity contribution in [3.8, 4) is 0 Å². The minimum absolute atomic E-state index is 0.208. The molecular formula is C27H34FN3O. The van der Waals surface area contributed by atoms with Crippen LogP contribution < -0.4 is 4.90 Å². The molecule has 2 atom stereocenters. The first-order chi connectivity index (χ1) is 15.5. The number of hydrogen-bond donors (Lipinski definition) is 0. The van der Waals surface area contributed by atoms with Gasteiger partial charge in [0.25, 0.3) is 0 Å². The van der Waals surface area contributed by atoms with Crippen LogP contribution in [0.1, 0.15) is 30.4 Å². The molecule has 0 bridgehead atoms. The molecule has 2 aliphatic heterocycles. The Balaban J connectivity index is 1.30. The molecule has 0 radical (unpaired) electrons. The number of anilines is 1. The summed E-state index contributed by atoms with van der Waals surface area (Å²) in [6.07, 6.45) is 7.79. The van der Waals surface area contributed by atoms with E-state index in [-0.39, 0.29) is 11.7 Å². The van der Waals surface area contributed by atoms with Gasteiger partial charge < -0.3 is 9.80 Å². The van der Waals surface area contributed by atoms with Crippen molar-refractivity contribution in [2.24, 2.45) is 5.92 Å². The average Bonchev–Trinajstić information content (AvgIpc) is 2.79. The molecule has 0 spiro atoms. The highest BCUT2D eigenvalue weighted by molar-refractivity contribution is 5.77. The highest BCUT2D eigenvalue weighted by atomic mass is 19.1. The summed E-state index contributed by atoms with van der Waals surface area (Å²) in [5.74, 6) is 0.583. The van der Waals surface area contributed by atoms with Gasteiger partial charge in [0.15, 0.2) is 0 Å². The number of carbonyl (C=O) groups excluding carboxylic acids is 1. The Hall–Kier alpha value is -2.66. The summed E-state index contributed by atoms with van der Waals surface area (Å²) in [5.41, 5.74) is 3.39. The average molecular weight is 436 g/mol. The van der Waals surface area contributed by atoms with E-state index >= 15 is 0 Å². The van der Waals surface area contributed by atoms with E-state index in [1.807, 2.05) is 6.07 Å². The third kappa shape index (κ3) is 5.57. The molecule has 170 valence electrons. The van der Waals surface area contributed by atoms with Gasteiger partial charge in [-0.15, -0.1) is 0 Å². The van der Waals surface area contributed by atoms with Gasteiger partial charge in [-0.3, -0.25) is 9.69 Å². The van der Waals surface area contributed by atoms with Crippen molar-refractivity contribution >= 4 is 17.7 Å². The number of likely N-dealkylation sites (tertiary alicyclic amines) is 2. The van der Waals surface area contributed by atoms with Crippen molar-refractivity contribution in [3.63, 3.8) is 0 Å². The van der Waals surface area contributed by atoms with E-state index in [0.29, 0.717) is 31.3 Å². The molecule has 2 aliphatic rings. The predicted molar refractivity (Wildman–Crippen MR) is 129 cm³/mol. The van der Waals surface area contributed by atoms with Gasteiger partial charge in [0.1, 0.15) is 5.82 Å². The van der Waals surface area contributed by atoms with Gasteiger partial charge in [-0.1, -0.05) is 36.4 Å². The molecule has 0 saturated carbocycles. The smallest absolute Gasteiger partial charge is 0.222 e. The van der Waals surface area contributed by atoms with E-state index in [2.05, 4.69) is 65.2 Å². The van der Waals surface area contributed by atoms with Crippen LogP contribution in [-0.4, -0.2) is 62.0 Å². The molecule has 0 unspecified atom stereocenters. The van der Waals surface area contributed by atoms with Crippen molar-refractivity contribution < 1.29 is 9.18 Å². The Bertz CT molecular complexity index is 940. The van der Waals surface area contributed by atoms with Crippen molar-refractivity contribution in [2.75, 3.05) is 45.2 Å². The number of nitrogens with zero attached hydrogens (tertiary/aromatic N) is 3. The number of hydrogen-bond acceptors (Lipinski definition) is 3. The Morgan fingerprint density at radius 2 is 1.94 bits per heavy atom. The second-order valence-corrected chi connectivity index (χ2v) is 9.27. The number of benzene rings is 2. The molecule has 32 heavy (non-hydrogen) atoms. The summed E-state index contributed by atoms with van der Waals surface area (Å²) in [5, 5.41) is 0. The van der Waals surface area contributed by atoms with E-state index < -0.39 is 0 Å². The molecule has 4 nitrogen and oxygen atoms in total. The molecule has 5 heteroatoms. The van der Waals surface area contributed by atoms with Crippen molar-refractivity contribution in [1.82, 2.24) is 9.80 Å². The molecule has 1 amide bonds. The second-order valence-electron chi connectivity index (χ2n) is 9.27. The molecule has 2 aromatic carbocycles. The number of amides is 1. The molecule has 4 rings (SSSR count). The SMILES string of the molecule is CN(C)c1ccc(/C=C/CN2CC[C@H]3[C@H](CCC(=O)N3CCc3cccc(F)c3)C2)cc1. The highest BCUT2D eigenvalue weighted by Gasteiger charge is 2.38. The van der Waals surface area contributed by atoms with Crippen LogP contribution in [0.15, 0.2) is 54.6 Å². The van der Waals surface area contributed by atoms with E-state index in [1.54, 1.807) is 12.1 Å². The lowest BCUT2D eigenvalue weighted by atomic mass is 9.83. The van der Waals surface area contributed by atoms with Crippen molar-refractivity contribution in [3.05, 3.63) is 71.6 Å². The first-order valence-electron chi connectivity index (χ1n) is 11.7. The van der Waals surface area contributed by atoms with Crippen LogP contribution in [0.4, 0.5) is 10.1 Å². The van der Waals surface area contributed by atoms with Crippen LogP contribution in [-0.2, 0) is 11.2 Å². The van der Waals surface area contributed by atoms with Crippen LogP contribution in [0.3, 0.4) is 0 Å². The third-order valence-electron chi connectivity index (χ3n) is 6.84. The summed E-state index contributed by atoms with van der Waals surface area (Å²) in [6.45, 7) is 3.68. The van der Waals surface area contributed by atoms with Crippen LogP contribution >= 0.6 is 0 Å². The molecular weight excluding hydrogens is 401 g/mol. The minimum atomic E-state index is -0.208. The fourth-order valence-corrected chi connectivity index (χ4v) is 5.05. The lowest BCUT2D eigenvalue weighted by Gasteiger charge is -2.47. The Morgan fingerprint density at radius 1 is 1.12 bits per heavy atom. The van der Waals surface area contributed by atoms with Gasteiger partial charge in [0, 0.05) is 58.4 Å². The number of halogens is 1. The first-order valence-corrected chi connectivity index (χ1v) is 11.7. The fraction of sp³-hybridized carbons (Fsp3) is 0.444. The molecule has 2 saturated heterocycles. The van der Waals surface area contributed by atoms with Crippen molar-refractivity contribution in [1.29, 1.82) is 0 Å². The Kier molecular flexibility index (Phi) is 7.26. The van der Waals surface area contributed by atoms with Gasteiger partial charge in [-0.25, -0.2) is 4.39 Å². The highest BCUT2D eigenvalue weighted by Crippen LogP contribution is 2.31. The topological polar surface area (TPSA) is 26.8 Å². The van der Waals surface area contributed by atoms with Crippen molar-refractivity contribution in [2.45, 2.75) is 31.7 Å². The quantitative estimate of drug-likeness (QED) is 0.642. The van der Waals surface area contributed by atoms with E-state index in [1.165, 1.54) is 17.3 Å². The largest absolute Gasteiger partial charge is 0.378 e. The van der Waals surface area contributed by atoms with Gasteiger partial charge in [-0.05, 0) is 60.6 Å². The van der Waals surface area contributed by atoms with E-state index in [4.69, 9.17) is 0 Å². The summed E-state index contributed by atoms with van der Waals surface area (Å²) >= 11 is 0. The number of rotatable bonds is 7. The maximum absolute atomic E-state index is 13.5.